The van der Waals surface area contributed by atoms with Gasteiger partial charge in [0, 0.05) is 5.59 Å². The molecule has 0 saturated carbocycles. The van der Waals surface area contributed by atoms with Gasteiger partial charge in [-0.2, -0.15) is 0 Å². The number of fused-ring (bicyclic) bond motifs is 1. The van der Waals surface area contributed by atoms with Crippen LogP contribution in [0.4, 0.5) is 4.39 Å². The molecule has 1 aromatic carbocycles. The summed E-state index contributed by atoms with van der Waals surface area (Å²) in [6.45, 7) is 17.0. The Morgan fingerprint density at radius 1 is 1.12 bits per heavy atom. The highest BCUT2D eigenvalue weighted by Crippen LogP contribution is 2.38. The molecule has 0 amide bonds. The van der Waals surface area contributed by atoms with Gasteiger partial charge in [-0.05, 0) is 71.1 Å². The highest BCUT2D eigenvalue weighted by atomic mass is 19.1. The topological polar surface area (TPSA) is 12.9 Å². The summed E-state index contributed by atoms with van der Waals surface area (Å²) >= 11 is 0. The lowest BCUT2D eigenvalue weighted by Crippen LogP contribution is -2.38. The zero-order chi connectivity index (χ0) is 19.2. The maximum Gasteiger partial charge on any atom is 0.232 e. The van der Waals surface area contributed by atoms with Gasteiger partial charge in [-0.15, -0.1) is 0 Å². The standard InChI is InChI=1S/C23H27BFN/c1-8-14(2)21-10-9-17-19(13-24(22(17)26-21)23(5,6)7)18-12-20(25)16(4)11-15(18)3/h9-13H,2,8H2,1,3-7H3. The van der Waals surface area contributed by atoms with Crippen molar-refractivity contribution in [3.05, 3.63) is 70.6 Å². The Balaban J connectivity index is 2.21. The molecule has 3 rings (SSSR count). The Bertz CT molecular complexity index is 919. The molecule has 2 heterocycles. The molecule has 1 aliphatic rings. The highest BCUT2D eigenvalue weighted by molar-refractivity contribution is 6.83. The van der Waals surface area contributed by atoms with Crippen LogP contribution in [0.1, 0.15) is 62.1 Å². The van der Waals surface area contributed by atoms with Crippen LogP contribution in [0.3, 0.4) is 0 Å². The summed E-state index contributed by atoms with van der Waals surface area (Å²) in [6.07, 6.45) is 0.883. The fourth-order valence-electron chi connectivity index (χ4n) is 3.66. The number of hydrogen-bond donors (Lipinski definition) is 0. The second kappa shape index (κ2) is 6.53. The third-order valence-electron chi connectivity index (χ3n) is 5.36. The number of benzene rings is 1. The van der Waals surface area contributed by atoms with Crippen LogP contribution in [-0.2, 0) is 0 Å². The number of hydrogen-bond acceptors (Lipinski definition) is 1. The summed E-state index contributed by atoms with van der Waals surface area (Å²) in [4.78, 5) is 4.97. The van der Waals surface area contributed by atoms with Crippen LogP contribution in [0.15, 0.2) is 36.8 Å². The van der Waals surface area contributed by atoms with E-state index in [-0.39, 0.29) is 17.8 Å². The number of halogens is 1. The monoisotopic (exact) mass is 347 g/mol. The molecule has 0 aliphatic carbocycles. The second-order valence-corrected chi connectivity index (χ2v) is 8.43. The molecule has 0 spiro atoms. The first-order valence-corrected chi connectivity index (χ1v) is 9.32. The minimum absolute atomic E-state index is 0.0345. The first-order valence-electron chi connectivity index (χ1n) is 9.32. The molecule has 1 nitrogen and oxygen atoms in total. The molecule has 1 aromatic heterocycles. The molecule has 0 atom stereocenters. The summed E-state index contributed by atoms with van der Waals surface area (Å²) in [5.41, 5.74) is 8.04. The lowest BCUT2D eigenvalue weighted by molar-refractivity contribution is 0.617. The number of rotatable bonds is 3. The summed E-state index contributed by atoms with van der Waals surface area (Å²) in [6, 6.07) is 7.78. The van der Waals surface area contributed by atoms with Gasteiger partial charge in [0.15, 0.2) is 0 Å². The molecule has 0 bridgehead atoms. The number of aryl methyl sites for hydroxylation is 2. The Kier molecular flexibility index (Phi) is 4.68. The van der Waals surface area contributed by atoms with Gasteiger partial charge >= 0.3 is 0 Å². The van der Waals surface area contributed by atoms with Crippen molar-refractivity contribution in [2.45, 2.75) is 53.3 Å². The van der Waals surface area contributed by atoms with E-state index in [2.05, 4.69) is 46.3 Å². The molecule has 0 unspecified atom stereocenters. The normalized spacial score (nSPS) is 13.7. The Morgan fingerprint density at radius 2 is 1.81 bits per heavy atom. The smallest absolute Gasteiger partial charge is 0.232 e. The third-order valence-corrected chi connectivity index (χ3v) is 5.36. The fraction of sp³-hybridized carbons (Fsp3) is 0.348. The van der Waals surface area contributed by atoms with Gasteiger partial charge in [-0.25, -0.2) is 4.39 Å². The quantitative estimate of drug-likeness (QED) is 0.645. The molecule has 26 heavy (non-hydrogen) atoms. The van der Waals surface area contributed by atoms with Crippen LogP contribution in [0.5, 0.6) is 0 Å². The molecule has 3 heteroatoms. The molecule has 0 fully saturated rings. The van der Waals surface area contributed by atoms with Gasteiger partial charge in [-0.1, -0.05) is 52.4 Å². The van der Waals surface area contributed by atoms with E-state index in [0.29, 0.717) is 5.56 Å². The average Bonchev–Trinajstić information content (AvgIpc) is 2.96. The van der Waals surface area contributed by atoms with Crippen molar-refractivity contribution < 1.29 is 4.39 Å². The van der Waals surface area contributed by atoms with E-state index in [4.69, 9.17) is 4.98 Å². The predicted octanol–water partition coefficient (Wildman–Crippen LogP) is 5.75. The lowest BCUT2D eigenvalue weighted by Gasteiger charge is -2.23. The zero-order valence-electron chi connectivity index (χ0n) is 16.7. The van der Waals surface area contributed by atoms with Crippen molar-refractivity contribution in [1.82, 2.24) is 4.98 Å². The number of aromatic nitrogens is 1. The molecular weight excluding hydrogens is 320 g/mol. The summed E-state index contributed by atoms with van der Waals surface area (Å²) in [7, 11) is 0. The van der Waals surface area contributed by atoms with Gasteiger partial charge in [0.2, 0.25) is 6.71 Å². The fourth-order valence-corrected chi connectivity index (χ4v) is 3.66. The Labute approximate surface area is 157 Å². The first-order chi connectivity index (χ1) is 12.1. The van der Waals surface area contributed by atoms with Crippen LogP contribution in [0.2, 0.25) is 5.31 Å². The SMILES string of the molecule is C=C(CC)c1ccc2c(n1)B(C(C)(C)C)C=C2c1cc(F)c(C)cc1C. The van der Waals surface area contributed by atoms with Crippen molar-refractivity contribution in [3.63, 3.8) is 0 Å². The van der Waals surface area contributed by atoms with E-state index in [1.165, 1.54) is 0 Å². The van der Waals surface area contributed by atoms with Gasteiger partial charge in [-0.3, -0.25) is 4.98 Å². The molecule has 134 valence electrons. The molecular formula is C23H27BFN. The van der Waals surface area contributed by atoms with Crippen molar-refractivity contribution in [1.29, 1.82) is 0 Å². The minimum atomic E-state index is -0.156. The van der Waals surface area contributed by atoms with E-state index in [9.17, 15) is 4.39 Å². The van der Waals surface area contributed by atoms with Gasteiger partial charge in [0.1, 0.15) is 5.82 Å². The Morgan fingerprint density at radius 3 is 2.42 bits per heavy atom. The third kappa shape index (κ3) is 3.16. The van der Waals surface area contributed by atoms with Crippen molar-refractivity contribution in [2.75, 3.05) is 0 Å². The van der Waals surface area contributed by atoms with E-state index in [1.54, 1.807) is 6.07 Å². The van der Waals surface area contributed by atoms with E-state index in [0.717, 1.165) is 45.5 Å². The largest absolute Gasteiger partial charge is 0.262 e. The zero-order valence-corrected chi connectivity index (χ0v) is 16.7. The van der Waals surface area contributed by atoms with Crippen molar-refractivity contribution >= 4 is 23.5 Å². The molecule has 1 aliphatic heterocycles. The highest BCUT2D eigenvalue weighted by Gasteiger charge is 2.38. The maximum absolute atomic E-state index is 14.3. The van der Waals surface area contributed by atoms with Crippen LogP contribution in [0.25, 0.3) is 11.1 Å². The van der Waals surface area contributed by atoms with Gasteiger partial charge in [0.25, 0.3) is 0 Å². The number of pyridine rings is 1. The van der Waals surface area contributed by atoms with Crippen LogP contribution in [-0.4, -0.2) is 11.7 Å². The lowest BCUT2D eigenvalue weighted by atomic mass is 9.34. The van der Waals surface area contributed by atoms with Gasteiger partial charge in [0.05, 0.1) is 5.69 Å². The number of allylic oxidation sites excluding steroid dienone is 1. The first kappa shape index (κ1) is 18.6. The molecule has 0 radical (unpaired) electrons. The summed E-state index contributed by atoms with van der Waals surface area (Å²) < 4.78 is 14.3. The molecule has 0 saturated heterocycles. The van der Waals surface area contributed by atoms with E-state index >= 15 is 0 Å². The summed E-state index contributed by atoms with van der Waals surface area (Å²) in [5, 5.41) is 0.0345. The molecule has 2 aromatic rings. The van der Waals surface area contributed by atoms with Crippen molar-refractivity contribution in [3.8, 4) is 0 Å². The average molecular weight is 347 g/mol. The molecule has 0 N–H and O–H groups in total. The van der Waals surface area contributed by atoms with Crippen LogP contribution >= 0.6 is 0 Å². The van der Waals surface area contributed by atoms with Crippen LogP contribution in [0, 0.1) is 19.7 Å². The van der Waals surface area contributed by atoms with E-state index < -0.39 is 0 Å². The Hall–Kier alpha value is -2.16. The second-order valence-electron chi connectivity index (χ2n) is 8.43. The van der Waals surface area contributed by atoms with E-state index in [1.807, 2.05) is 26.0 Å². The van der Waals surface area contributed by atoms with Crippen LogP contribution < -0.4 is 5.59 Å². The summed E-state index contributed by atoms with van der Waals surface area (Å²) in [5.74, 6) is 2.11. The minimum Gasteiger partial charge on any atom is -0.262 e. The van der Waals surface area contributed by atoms with Crippen molar-refractivity contribution in [2.24, 2.45) is 0 Å². The predicted molar refractivity (Wildman–Crippen MR) is 112 cm³/mol. The van der Waals surface area contributed by atoms with Gasteiger partial charge < -0.3 is 0 Å². The number of nitrogens with zero attached hydrogens (tertiary/aromatic N) is 1. The maximum atomic E-state index is 14.3.